The number of hydrogen-bond donors (Lipinski definition) is 4. The summed E-state index contributed by atoms with van der Waals surface area (Å²) in [5, 5.41) is 38.4. The van der Waals surface area contributed by atoms with Gasteiger partial charge in [-0.1, -0.05) is 39.0 Å². The molecule has 5 nitrogen and oxygen atoms in total. The molecule has 114 valence electrons. The number of nitrogens with zero attached hydrogens (tertiary/aromatic N) is 1. The number of aliphatic hydroxyl groups is 4. The van der Waals surface area contributed by atoms with E-state index in [-0.39, 0.29) is 6.61 Å². The normalized spacial score (nSPS) is 32.7. The summed E-state index contributed by atoms with van der Waals surface area (Å²) < 4.78 is 0. The number of aliphatic hydroxyl groups excluding tert-OH is 4. The average molecular weight is 275 g/mol. The van der Waals surface area contributed by atoms with Gasteiger partial charge in [0.1, 0.15) is 12.2 Å². The van der Waals surface area contributed by atoms with Gasteiger partial charge in [-0.3, -0.25) is 4.90 Å². The number of unbranched alkanes of at least 4 members (excludes halogenated alkanes) is 5. The quantitative estimate of drug-likeness (QED) is 0.472. The molecule has 1 aliphatic rings. The Labute approximate surface area is 115 Å². The van der Waals surface area contributed by atoms with Crippen LogP contribution in [-0.4, -0.2) is 69.4 Å². The molecule has 0 radical (unpaired) electrons. The fourth-order valence-electron chi connectivity index (χ4n) is 2.73. The topological polar surface area (TPSA) is 84.2 Å². The number of piperidine rings is 1. The van der Waals surface area contributed by atoms with Gasteiger partial charge in [0.15, 0.2) is 0 Å². The predicted molar refractivity (Wildman–Crippen MR) is 73.8 cm³/mol. The Morgan fingerprint density at radius 1 is 0.947 bits per heavy atom. The molecule has 1 fully saturated rings. The van der Waals surface area contributed by atoms with Gasteiger partial charge < -0.3 is 20.4 Å². The third-order valence-electron chi connectivity index (χ3n) is 4.01. The Morgan fingerprint density at radius 3 is 2.21 bits per heavy atom. The van der Waals surface area contributed by atoms with E-state index in [9.17, 15) is 20.4 Å². The van der Waals surface area contributed by atoms with Crippen LogP contribution in [-0.2, 0) is 0 Å². The smallest absolute Gasteiger partial charge is 0.109 e. The van der Waals surface area contributed by atoms with Crippen molar-refractivity contribution in [2.75, 3.05) is 19.7 Å². The minimum absolute atomic E-state index is 0.194. The summed E-state index contributed by atoms with van der Waals surface area (Å²) in [6.07, 6.45) is 3.92. The highest BCUT2D eigenvalue weighted by atomic mass is 16.4. The number of likely N-dealkylation sites (tertiary alicyclic amines) is 1. The average Bonchev–Trinajstić information content (AvgIpc) is 2.40. The zero-order valence-electron chi connectivity index (χ0n) is 11.9. The third-order valence-corrected chi connectivity index (χ3v) is 4.01. The molecule has 0 aliphatic carbocycles. The fourth-order valence-corrected chi connectivity index (χ4v) is 2.73. The first-order valence-electron chi connectivity index (χ1n) is 7.51. The molecule has 1 heterocycles. The van der Waals surface area contributed by atoms with Crippen LogP contribution in [0.4, 0.5) is 0 Å². The van der Waals surface area contributed by atoms with Crippen molar-refractivity contribution in [2.45, 2.75) is 69.8 Å². The van der Waals surface area contributed by atoms with E-state index >= 15 is 0 Å². The maximum atomic E-state index is 9.84. The van der Waals surface area contributed by atoms with Crippen LogP contribution in [0.3, 0.4) is 0 Å². The van der Waals surface area contributed by atoms with Crippen molar-refractivity contribution >= 4 is 0 Å². The molecule has 4 N–H and O–H groups in total. The molecule has 0 bridgehead atoms. The molecule has 1 rings (SSSR count). The summed E-state index contributed by atoms with van der Waals surface area (Å²) in [7, 11) is 0. The summed E-state index contributed by atoms with van der Waals surface area (Å²) in [5.74, 6) is 0. The first kappa shape index (κ1) is 16.9. The lowest BCUT2D eigenvalue weighted by Crippen LogP contribution is -2.62. The Kier molecular flexibility index (Phi) is 7.87. The van der Waals surface area contributed by atoms with Crippen LogP contribution in [0.5, 0.6) is 0 Å². The Hall–Kier alpha value is -0.200. The second kappa shape index (κ2) is 8.87. The van der Waals surface area contributed by atoms with Crippen molar-refractivity contribution in [2.24, 2.45) is 0 Å². The van der Waals surface area contributed by atoms with Crippen LogP contribution < -0.4 is 0 Å². The van der Waals surface area contributed by atoms with Crippen LogP contribution in [0.25, 0.3) is 0 Å². The lowest BCUT2D eigenvalue weighted by atomic mass is 9.94. The molecular formula is C14H29NO4. The van der Waals surface area contributed by atoms with E-state index in [1.807, 2.05) is 4.90 Å². The van der Waals surface area contributed by atoms with E-state index in [0.29, 0.717) is 6.54 Å². The molecule has 1 aliphatic heterocycles. The van der Waals surface area contributed by atoms with Gasteiger partial charge in [0.2, 0.25) is 0 Å². The van der Waals surface area contributed by atoms with Crippen molar-refractivity contribution in [3.8, 4) is 0 Å². The molecule has 5 heteroatoms. The lowest BCUT2D eigenvalue weighted by Gasteiger charge is -2.43. The van der Waals surface area contributed by atoms with E-state index in [1.54, 1.807) is 0 Å². The van der Waals surface area contributed by atoms with Crippen molar-refractivity contribution in [3.05, 3.63) is 0 Å². The summed E-state index contributed by atoms with van der Waals surface area (Å²) in [6, 6.07) is -0.464. The number of β-amino-alcohol motifs (C(OH)–C–C–N with tert-alkyl or cyclic N) is 1. The zero-order valence-corrected chi connectivity index (χ0v) is 11.9. The van der Waals surface area contributed by atoms with Gasteiger partial charge in [-0.2, -0.15) is 0 Å². The van der Waals surface area contributed by atoms with E-state index in [1.165, 1.54) is 25.7 Å². The monoisotopic (exact) mass is 275 g/mol. The van der Waals surface area contributed by atoms with E-state index < -0.39 is 24.4 Å². The van der Waals surface area contributed by atoms with Gasteiger partial charge in [-0.15, -0.1) is 0 Å². The molecule has 1 saturated heterocycles. The van der Waals surface area contributed by atoms with Crippen molar-refractivity contribution in [1.29, 1.82) is 0 Å². The van der Waals surface area contributed by atoms with E-state index in [4.69, 9.17) is 0 Å². The van der Waals surface area contributed by atoms with Crippen molar-refractivity contribution < 1.29 is 20.4 Å². The standard InChI is InChI=1S/C14H29NO4/c1-2-3-4-5-6-7-8-15-9-12(17)14(19)13(18)11(15)10-16/h11-14,16-19H,2-10H2,1H3/t11-,12-,13+,14+/m0/s1. The molecule has 0 unspecified atom stereocenters. The third kappa shape index (κ3) is 5.00. The Morgan fingerprint density at radius 2 is 1.58 bits per heavy atom. The van der Waals surface area contributed by atoms with Crippen molar-refractivity contribution in [1.82, 2.24) is 4.90 Å². The molecule has 19 heavy (non-hydrogen) atoms. The van der Waals surface area contributed by atoms with Crippen LogP contribution in [0.1, 0.15) is 45.4 Å². The van der Waals surface area contributed by atoms with E-state index in [2.05, 4.69) is 6.92 Å². The second-order valence-electron chi connectivity index (χ2n) is 5.56. The highest BCUT2D eigenvalue weighted by Gasteiger charge is 2.40. The molecule has 0 amide bonds. The molecule has 4 atom stereocenters. The van der Waals surface area contributed by atoms with Gasteiger partial charge in [-0.05, 0) is 13.0 Å². The summed E-state index contributed by atoms with van der Waals surface area (Å²) in [4.78, 5) is 1.89. The largest absolute Gasteiger partial charge is 0.395 e. The zero-order chi connectivity index (χ0) is 14.3. The summed E-state index contributed by atoms with van der Waals surface area (Å²) in [5.41, 5.74) is 0. The number of hydrogen-bond acceptors (Lipinski definition) is 5. The van der Waals surface area contributed by atoms with Gasteiger partial charge in [0, 0.05) is 6.54 Å². The summed E-state index contributed by atoms with van der Waals surface area (Å²) >= 11 is 0. The Balaban J connectivity index is 2.30. The van der Waals surface area contributed by atoms with Crippen LogP contribution >= 0.6 is 0 Å². The highest BCUT2D eigenvalue weighted by molar-refractivity contribution is 4.93. The van der Waals surface area contributed by atoms with Crippen LogP contribution in [0.2, 0.25) is 0 Å². The molecular weight excluding hydrogens is 246 g/mol. The minimum Gasteiger partial charge on any atom is -0.395 e. The predicted octanol–water partition coefficient (Wildman–Crippen LogP) is 0.106. The van der Waals surface area contributed by atoms with Crippen LogP contribution in [0.15, 0.2) is 0 Å². The van der Waals surface area contributed by atoms with Gasteiger partial charge in [-0.25, -0.2) is 0 Å². The highest BCUT2D eigenvalue weighted by Crippen LogP contribution is 2.19. The molecule has 0 aromatic rings. The Bertz CT molecular complexity index is 239. The van der Waals surface area contributed by atoms with Gasteiger partial charge in [0.05, 0.1) is 18.8 Å². The lowest BCUT2D eigenvalue weighted by molar-refractivity contribution is -0.145. The maximum absolute atomic E-state index is 9.84. The molecule has 0 spiro atoms. The fraction of sp³-hybridized carbons (Fsp3) is 1.00. The second-order valence-corrected chi connectivity index (χ2v) is 5.56. The number of rotatable bonds is 8. The van der Waals surface area contributed by atoms with Crippen LogP contribution in [0, 0.1) is 0 Å². The summed E-state index contributed by atoms with van der Waals surface area (Å²) in [6.45, 7) is 3.06. The molecule has 0 saturated carbocycles. The first-order valence-corrected chi connectivity index (χ1v) is 7.51. The molecule has 0 aromatic heterocycles. The van der Waals surface area contributed by atoms with Gasteiger partial charge >= 0.3 is 0 Å². The van der Waals surface area contributed by atoms with Crippen molar-refractivity contribution in [3.63, 3.8) is 0 Å². The minimum atomic E-state index is -1.15. The van der Waals surface area contributed by atoms with E-state index in [0.717, 1.165) is 19.4 Å². The molecule has 0 aromatic carbocycles. The van der Waals surface area contributed by atoms with Gasteiger partial charge in [0.25, 0.3) is 0 Å². The first-order chi connectivity index (χ1) is 9.11. The SMILES string of the molecule is CCCCCCCCN1C[C@H](O)[C@@H](O)[C@H](O)[C@@H]1CO. The maximum Gasteiger partial charge on any atom is 0.109 e.